The number of primary amides is 1. The maximum Gasteiger partial charge on any atom is 0.250 e. The molecule has 0 spiro atoms. The van der Waals surface area contributed by atoms with Gasteiger partial charge in [-0.05, 0) is 65.3 Å². The van der Waals surface area contributed by atoms with Crippen LogP contribution in [0.2, 0.25) is 0 Å². The minimum atomic E-state index is -0.351. The average molecular weight is 367 g/mol. The first-order valence-electron chi connectivity index (χ1n) is 10.1. The van der Waals surface area contributed by atoms with Gasteiger partial charge in [-0.3, -0.25) is 4.79 Å². The molecule has 1 heterocycles. The molecule has 1 aliphatic carbocycles. The second-order valence-corrected chi connectivity index (χ2v) is 9.93. The predicted molar refractivity (Wildman–Crippen MR) is 113 cm³/mol. The first-order valence-corrected chi connectivity index (χ1v) is 10.1. The summed E-state index contributed by atoms with van der Waals surface area (Å²) in [6, 6.07) is 8.85. The van der Waals surface area contributed by atoms with Gasteiger partial charge in [-0.25, -0.2) is 0 Å². The molecule has 2 N–H and O–H groups in total. The fraction of sp³-hybridized carbons (Fsp3) is 0.542. The van der Waals surface area contributed by atoms with Crippen LogP contribution in [0, 0.1) is 12.8 Å². The van der Waals surface area contributed by atoms with Crippen molar-refractivity contribution in [2.75, 3.05) is 0 Å². The van der Waals surface area contributed by atoms with Crippen molar-refractivity contribution in [3.8, 4) is 11.3 Å². The first-order chi connectivity index (χ1) is 12.4. The number of carbonyl (C=O) groups excluding carboxylic acids is 1. The molecule has 0 saturated carbocycles. The van der Waals surface area contributed by atoms with Gasteiger partial charge in [0.15, 0.2) is 0 Å². The second kappa shape index (κ2) is 6.54. The molecule has 3 nitrogen and oxygen atoms in total. The molecule has 0 radical (unpaired) electrons. The molecule has 0 atom stereocenters. The van der Waals surface area contributed by atoms with Gasteiger partial charge in [0.1, 0.15) is 0 Å². The van der Waals surface area contributed by atoms with Crippen molar-refractivity contribution >= 4 is 5.91 Å². The first kappa shape index (κ1) is 19.7. The van der Waals surface area contributed by atoms with Gasteiger partial charge in [-0.1, -0.05) is 53.7 Å². The van der Waals surface area contributed by atoms with Gasteiger partial charge in [0, 0.05) is 17.9 Å². The summed E-state index contributed by atoms with van der Waals surface area (Å²) in [7, 11) is 0. The number of rotatable bonds is 4. The number of benzene rings is 1. The average Bonchev–Trinajstić information content (AvgIpc) is 2.88. The van der Waals surface area contributed by atoms with Crippen molar-refractivity contribution in [2.24, 2.45) is 11.7 Å². The molecule has 3 rings (SSSR count). The Morgan fingerprint density at radius 1 is 1.07 bits per heavy atom. The number of hydrogen-bond acceptors (Lipinski definition) is 1. The zero-order chi connectivity index (χ0) is 20.1. The van der Waals surface area contributed by atoms with E-state index in [0.717, 1.165) is 17.9 Å². The van der Waals surface area contributed by atoms with E-state index in [1.807, 2.05) is 13.0 Å². The summed E-state index contributed by atoms with van der Waals surface area (Å²) in [6.45, 7) is 16.7. The molecule has 1 aromatic heterocycles. The van der Waals surface area contributed by atoms with Crippen LogP contribution in [0.4, 0.5) is 0 Å². The predicted octanol–water partition coefficient (Wildman–Crippen LogP) is 5.57. The van der Waals surface area contributed by atoms with Crippen molar-refractivity contribution in [2.45, 2.75) is 78.7 Å². The molecular formula is C24H34N2O. The summed E-state index contributed by atoms with van der Waals surface area (Å²) in [5.74, 6) is 0.138. The van der Waals surface area contributed by atoms with Crippen LogP contribution in [-0.4, -0.2) is 10.5 Å². The number of fused-ring (bicyclic) bond motifs is 1. The lowest BCUT2D eigenvalue weighted by atomic mass is 9.63. The van der Waals surface area contributed by atoms with E-state index in [0.29, 0.717) is 11.5 Å². The summed E-state index contributed by atoms with van der Waals surface area (Å²) < 4.78 is 2.26. The van der Waals surface area contributed by atoms with Gasteiger partial charge in [-0.15, -0.1) is 0 Å². The van der Waals surface area contributed by atoms with Crippen LogP contribution >= 0.6 is 0 Å². The molecule has 0 unspecified atom stereocenters. The normalized spacial score (nSPS) is 17.8. The number of amides is 1. The molecule has 0 aliphatic heterocycles. The highest BCUT2D eigenvalue weighted by molar-refractivity contribution is 5.95. The monoisotopic (exact) mass is 366 g/mol. The Morgan fingerprint density at radius 3 is 2.22 bits per heavy atom. The van der Waals surface area contributed by atoms with Crippen LogP contribution in [-0.2, 0) is 17.4 Å². The van der Waals surface area contributed by atoms with E-state index in [9.17, 15) is 4.79 Å². The fourth-order valence-electron chi connectivity index (χ4n) is 4.48. The van der Waals surface area contributed by atoms with Crippen molar-refractivity contribution in [3.63, 3.8) is 0 Å². The molecule has 0 bridgehead atoms. The van der Waals surface area contributed by atoms with Crippen molar-refractivity contribution in [3.05, 3.63) is 46.6 Å². The Hall–Kier alpha value is -2.03. The van der Waals surface area contributed by atoms with Crippen LogP contribution in [0.1, 0.15) is 81.6 Å². The molecule has 27 heavy (non-hydrogen) atoms. The van der Waals surface area contributed by atoms with Gasteiger partial charge < -0.3 is 10.3 Å². The van der Waals surface area contributed by atoms with Gasteiger partial charge in [0.05, 0.1) is 5.56 Å². The third-order valence-corrected chi connectivity index (χ3v) is 6.33. The molecule has 1 amide bonds. The third kappa shape index (κ3) is 3.44. The highest BCUT2D eigenvalue weighted by atomic mass is 16.1. The lowest BCUT2D eigenvalue weighted by molar-refractivity contribution is 0.0999. The van der Waals surface area contributed by atoms with E-state index < -0.39 is 0 Å². The van der Waals surface area contributed by atoms with Gasteiger partial charge >= 0.3 is 0 Å². The molecule has 146 valence electrons. The van der Waals surface area contributed by atoms with Crippen molar-refractivity contribution in [1.29, 1.82) is 0 Å². The molecule has 2 aromatic rings. The Bertz CT molecular complexity index is 884. The second-order valence-electron chi connectivity index (χ2n) is 9.93. The number of nitrogens with zero attached hydrogens (tertiary/aromatic N) is 1. The van der Waals surface area contributed by atoms with E-state index in [4.69, 9.17) is 5.73 Å². The van der Waals surface area contributed by atoms with Crippen LogP contribution in [0.5, 0.6) is 0 Å². The summed E-state index contributed by atoms with van der Waals surface area (Å²) >= 11 is 0. The van der Waals surface area contributed by atoms with Crippen molar-refractivity contribution < 1.29 is 4.79 Å². The van der Waals surface area contributed by atoms with Crippen LogP contribution < -0.4 is 5.73 Å². The smallest absolute Gasteiger partial charge is 0.250 e. The molecule has 0 fully saturated rings. The molecule has 0 saturated heterocycles. The molecule has 1 aliphatic rings. The maximum absolute atomic E-state index is 11.9. The highest BCUT2D eigenvalue weighted by Gasteiger charge is 2.37. The van der Waals surface area contributed by atoms with Crippen LogP contribution in [0.3, 0.4) is 0 Å². The minimum absolute atomic E-state index is 0.165. The quantitative estimate of drug-likeness (QED) is 0.756. The molecule has 1 aromatic carbocycles. The lowest BCUT2D eigenvalue weighted by Crippen LogP contribution is -2.33. The summed E-state index contributed by atoms with van der Waals surface area (Å²) in [5.41, 5.74) is 12.8. The number of aromatic nitrogens is 1. The molecule has 3 heteroatoms. The summed E-state index contributed by atoms with van der Waals surface area (Å²) in [5, 5.41) is 0. The van der Waals surface area contributed by atoms with Gasteiger partial charge in [0.25, 0.3) is 5.91 Å². The highest BCUT2D eigenvalue weighted by Crippen LogP contribution is 2.47. The van der Waals surface area contributed by atoms with E-state index >= 15 is 0 Å². The van der Waals surface area contributed by atoms with Gasteiger partial charge in [-0.2, -0.15) is 0 Å². The topological polar surface area (TPSA) is 48.0 Å². The Morgan fingerprint density at radius 2 is 1.67 bits per heavy atom. The fourth-order valence-corrected chi connectivity index (χ4v) is 4.48. The standard InChI is InChI=1S/C24H34N2O/c1-15(2)14-26-16(3)18(22(25)27)13-21(26)17-8-9-19-20(12-17)24(6,7)11-10-23(19,4)5/h8-9,12-13,15H,10-11,14H2,1-7H3,(H2,25,27). The van der Waals surface area contributed by atoms with E-state index in [-0.39, 0.29) is 16.7 Å². The van der Waals surface area contributed by atoms with Crippen molar-refractivity contribution in [1.82, 2.24) is 4.57 Å². The number of carbonyl (C=O) groups is 1. The summed E-state index contributed by atoms with van der Waals surface area (Å²) in [6.07, 6.45) is 2.40. The zero-order valence-electron chi connectivity index (χ0n) is 17.9. The van der Waals surface area contributed by atoms with E-state index in [1.54, 1.807) is 0 Å². The molecular weight excluding hydrogens is 332 g/mol. The zero-order valence-corrected chi connectivity index (χ0v) is 17.9. The Balaban J connectivity index is 2.21. The number of nitrogens with two attached hydrogens (primary N) is 1. The lowest BCUT2D eigenvalue weighted by Gasteiger charge is -2.42. The van der Waals surface area contributed by atoms with Gasteiger partial charge in [0.2, 0.25) is 0 Å². The Kier molecular flexibility index (Phi) is 4.78. The Labute approximate surface area is 164 Å². The third-order valence-electron chi connectivity index (χ3n) is 6.33. The summed E-state index contributed by atoms with van der Waals surface area (Å²) in [4.78, 5) is 11.9. The van der Waals surface area contributed by atoms with Crippen LogP contribution in [0.15, 0.2) is 24.3 Å². The largest absolute Gasteiger partial charge is 0.366 e. The SMILES string of the molecule is Cc1c(C(N)=O)cc(-c2ccc3c(c2)C(C)(C)CCC3(C)C)n1CC(C)C. The minimum Gasteiger partial charge on any atom is -0.366 e. The maximum atomic E-state index is 11.9. The van der Waals surface area contributed by atoms with Crippen LogP contribution in [0.25, 0.3) is 11.3 Å². The van der Waals surface area contributed by atoms with E-state index in [2.05, 4.69) is 64.3 Å². The number of hydrogen-bond donors (Lipinski definition) is 1. The van der Waals surface area contributed by atoms with E-state index in [1.165, 1.54) is 29.5 Å².